The topological polar surface area (TPSA) is 84.1 Å². The fourth-order valence-electron chi connectivity index (χ4n) is 2.66. The van der Waals surface area contributed by atoms with Crippen molar-refractivity contribution in [2.45, 2.75) is 44.9 Å². The summed E-state index contributed by atoms with van der Waals surface area (Å²) in [5.41, 5.74) is 6.77. The maximum atomic E-state index is 12.2. The smallest absolute Gasteiger partial charge is 0.241 e. The van der Waals surface area contributed by atoms with Gasteiger partial charge in [-0.05, 0) is 39.0 Å². The molecule has 0 bridgehead atoms. The standard InChI is InChI=1S/C15H23N5O/c1-10-13(16)18-15(11-5-6-11)19-14(10)17-9-12(21)20-7-3-2-4-8-20/h11H,2-9H2,1H3,(H3,16,17,18,19). The molecular formula is C15H23N5O. The first kappa shape index (κ1) is 14.1. The van der Waals surface area contributed by atoms with E-state index < -0.39 is 0 Å². The molecule has 0 aromatic carbocycles. The van der Waals surface area contributed by atoms with E-state index >= 15 is 0 Å². The number of piperidine rings is 1. The van der Waals surface area contributed by atoms with E-state index in [9.17, 15) is 4.79 Å². The number of anilines is 2. The number of nitrogens with one attached hydrogen (secondary N) is 1. The Hall–Kier alpha value is -1.85. The van der Waals surface area contributed by atoms with Crippen LogP contribution >= 0.6 is 0 Å². The fourth-order valence-corrected chi connectivity index (χ4v) is 2.66. The summed E-state index contributed by atoms with van der Waals surface area (Å²) in [4.78, 5) is 23.0. The number of nitrogen functional groups attached to an aromatic ring is 1. The minimum absolute atomic E-state index is 0.138. The van der Waals surface area contributed by atoms with Gasteiger partial charge in [-0.3, -0.25) is 4.79 Å². The summed E-state index contributed by atoms with van der Waals surface area (Å²) in [5, 5.41) is 3.15. The third kappa shape index (κ3) is 3.25. The number of likely N-dealkylation sites (tertiary alicyclic amines) is 1. The molecule has 2 heterocycles. The highest BCUT2D eigenvalue weighted by molar-refractivity contribution is 5.81. The first-order valence-corrected chi connectivity index (χ1v) is 7.81. The number of carbonyl (C=O) groups is 1. The van der Waals surface area contributed by atoms with Gasteiger partial charge in [0.25, 0.3) is 0 Å². The highest BCUT2D eigenvalue weighted by Crippen LogP contribution is 2.39. The molecule has 0 spiro atoms. The molecule has 2 fully saturated rings. The lowest BCUT2D eigenvalue weighted by Crippen LogP contribution is -2.39. The monoisotopic (exact) mass is 289 g/mol. The number of hydrogen-bond donors (Lipinski definition) is 2. The van der Waals surface area contributed by atoms with E-state index in [1.807, 2.05) is 11.8 Å². The molecule has 1 aromatic rings. The normalized spacial score (nSPS) is 18.6. The molecule has 1 amide bonds. The van der Waals surface area contributed by atoms with Gasteiger partial charge in [0.1, 0.15) is 17.5 Å². The van der Waals surface area contributed by atoms with Gasteiger partial charge in [-0.15, -0.1) is 0 Å². The van der Waals surface area contributed by atoms with Gasteiger partial charge in [0.05, 0.1) is 6.54 Å². The lowest BCUT2D eigenvalue weighted by atomic mass is 10.1. The van der Waals surface area contributed by atoms with Gasteiger partial charge in [-0.2, -0.15) is 0 Å². The molecular weight excluding hydrogens is 266 g/mol. The molecule has 114 valence electrons. The summed E-state index contributed by atoms with van der Waals surface area (Å²) in [6, 6.07) is 0. The van der Waals surface area contributed by atoms with Crippen LogP contribution in [0.3, 0.4) is 0 Å². The molecule has 0 unspecified atom stereocenters. The number of amides is 1. The summed E-state index contributed by atoms with van der Waals surface area (Å²) >= 11 is 0. The Kier molecular flexibility index (Phi) is 3.94. The van der Waals surface area contributed by atoms with E-state index in [4.69, 9.17) is 5.73 Å². The summed E-state index contributed by atoms with van der Waals surface area (Å²) < 4.78 is 0. The van der Waals surface area contributed by atoms with Crippen LogP contribution in [0.5, 0.6) is 0 Å². The van der Waals surface area contributed by atoms with Crippen LogP contribution in [0.2, 0.25) is 0 Å². The maximum absolute atomic E-state index is 12.2. The molecule has 0 radical (unpaired) electrons. The van der Waals surface area contributed by atoms with Crippen molar-refractivity contribution in [3.63, 3.8) is 0 Å². The Morgan fingerprint density at radius 3 is 2.67 bits per heavy atom. The van der Waals surface area contributed by atoms with Crippen LogP contribution in [0.4, 0.5) is 11.6 Å². The highest BCUT2D eigenvalue weighted by Gasteiger charge is 2.28. The Morgan fingerprint density at radius 2 is 2.00 bits per heavy atom. The Morgan fingerprint density at radius 1 is 1.29 bits per heavy atom. The van der Waals surface area contributed by atoms with Crippen molar-refractivity contribution in [3.05, 3.63) is 11.4 Å². The van der Waals surface area contributed by atoms with E-state index in [0.717, 1.165) is 50.2 Å². The number of rotatable bonds is 4. The minimum Gasteiger partial charge on any atom is -0.383 e. The summed E-state index contributed by atoms with van der Waals surface area (Å²) in [7, 11) is 0. The van der Waals surface area contributed by atoms with Gasteiger partial charge in [-0.1, -0.05) is 0 Å². The van der Waals surface area contributed by atoms with E-state index in [-0.39, 0.29) is 12.5 Å². The van der Waals surface area contributed by atoms with Gasteiger partial charge in [-0.25, -0.2) is 9.97 Å². The van der Waals surface area contributed by atoms with Crippen LogP contribution in [0.25, 0.3) is 0 Å². The van der Waals surface area contributed by atoms with E-state index in [2.05, 4.69) is 15.3 Å². The predicted molar refractivity (Wildman–Crippen MR) is 82.1 cm³/mol. The van der Waals surface area contributed by atoms with Crippen molar-refractivity contribution in [1.29, 1.82) is 0 Å². The van der Waals surface area contributed by atoms with Crippen LogP contribution in [-0.2, 0) is 4.79 Å². The van der Waals surface area contributed by atoms with Crippen molar-refractivity contribution in [1.82, 2.24) is 14.9 Å². The zero-order valence-electron chi connectivity index (χ0n) is 12.6. The third-order valence-corrected chi connectivity index (χ3v) is 4.26. The summed E-state index contributed by atoms with van der Waals surface area (Å²) in [5.74, 6) is 2.62. The maximum Gasteiger partial charge on any atom is 0.241 e. The number of nitrogens with zero attached hydrogens (tertiary/aromatic N) is 3. The molecule has 3 rings (SSSR count). The quantitative estimate of drug-likeness (QED) is 0.881. The molecule has 1 saturated heterocycles. The van der Waals surface area contributed by atoms with Crippen molar-refractivity contribution in [3.8, 4) is 0 Å². The second kappa shape index (κ2) is 5.87. The Labute approximate surface area is 125 Å². The van der Waals surface area contributed by atoms with Crippen LogP contribution in [0, 0.1) is 6.92 Å². The Bertz CT molecular complexity index is 535. The van der Waals surface area contributed by atoms with Gasteiger partial charge in [0.15, 0.2) is 0 Å². The molecule has 2 aliphatic rings. The molecule has 1 aliphatic heterocycles. The van der Waals surface area contributed by atoms with Gasteiger partial charge < -0.3 is 16.0 Å². The number of nitrogens with two attached hydrogens (primary N) is 1. The Balaban J connectivity index is 1.65. The van der Waals surface area contributed by atoms with Crippen LogP contribution in [-0.4, -0.2) is 40.4 Å². The second-order valence-corrected chi connectivity index (χ2v) is 6.01. The average Bonchev–Trinajstić information content (AvgIpc) is 3.34. The zero-order chi connectivity index (χ0) is 14.8. The van der Waals surface area contributed by atoms with E-state index in [1.54, 1.807) is 0 Å². The molecule has 1 saturated carbocycles. The largest absolute Gasteiger partial charge is 0.383 e. The van der Waals surface area contributed by atoms with Crippen molar-refractivity contribution < 1.29 is 4.79 Å². The molecule has 6 heteroatoms. The van der Waals surface area contributed by atoms with E-state index in [1.165, 1.54) is 6.42 Å². The summed E-state index contributed by atoms with van der Waals surface area (Å²) in [6.45, 7) is 3.92. The minimum atomic E-state index is 0.138. The highest BCUT2D eigenvalue weighted by atomic mass is 16.2. The summed E-state index contributed by atoms with van der Waals surface area (Å²) in [6.07, 6.45) is 5.71. The molecule has 1 aliphatic carbocycles. The molecule has 0 atom stereocenters. The van der Waals surface area contributed by atoms with Crippen molar-refractivity contribution in [2.24, 2.45) is 0 Å². The average molecular weight is 289 g/mol. The van der Waals surface area contributed by atoms with Gasteiger partial charge in [0, 0.05) is 24.6 Å². The molecule has 21 heavy (non-hydrogen) atoms. The fraction of sp³-hybridized carbons (Fsp3) is 0.667. The number of aromatic nitrogens is 2. The van der Waals surface area contributed by atoms with Crippen LogP contribution in [0.1, 0.15) is 49.4 Å². The number of carbonyl (C=O) groups excluding carboxylic acids is 1. The van der Waals surface area contributed by atoms with Gasteiger partial charge in [0.2, 0.25) is 5.91 Å². The lowest BCUT2D eigenvalue weighted by Gasteiger charge is -2.27. The zero-order valence-corrected chi connectivity index (χ0v) is 12.6. The van der Waals surface area contributed by atoms with Gasteiger partial charge >= 0.3 is 0 Å². The molecule has 1 aromatic heterocycles. The third-order valence-electron chi connectivity index (χ3n) is 4.26. The van der Waals surface area contributed by atoms with Crippen LogP contribution < -0.4 is 11.1 Å². The van der Waals surface area contributed by atoms with Crippen molar-refractivity contribution >= 4 is 17.5 Å². The first-order valence-electron chi connectivity index (χ1n) is 7.81. The van der Waals surface area contributed by atoms with E-state index in [0.29, 0.717) is 17.6 Å². The molecule has 3 N–H and O–H groups in total. The first-order chi connectivity index (χ1) is 10.1. The predicted octanol–water partition coefficient (Wildman–Crippen LogP) is 1.67. The second-order valence-electron chi connectivity index (χ2n) is 6.01. The van der Waals surface area contributed by atoms with Crippen LogP contribution in [0.15, 0.2) is 0 Å². The molecule has 6 nitrogen and oxygen atoms in total. The lowest BCUT2D eigenvalue weighted by molar-refractivity contribution is -0.130. The van der Waals surface area contributed by atoms with Crippen molar-refractivity contribution in [2.75, 3.05) is 30.7 Å². The SMILES string of the molecule is Cc1c(N)nc(C2CC2)nc1NCC(=O)N1CCCCC1. The number of hydrogen-bond acceptors (Lipinski definition) is 5.